The van der Waals surface area contributed by atoms with Crippen LogP contribution in [-0.4, -0.2) is 33.8 Å². The molecule has 2 aromatic rings. The van der Waals surface area contributed by atoms with Gasteiger partial charge in [-0.1, -0.05) is 0 Å². The van der Waals surface area contributed by atoms with Crippen LogP contribution in [0.15, 0.2) is 28.9 Å². The summed E-state index contributed by atoms with van der Waals surface area (Å²) in [5.74, 6) is 0.610. The topological polar surface area (TPSA) is 90.1 Å². The number of ether oxygens (including phenoxy) is 1. The summed E-state index contributed by atoms with van der Waals surface area (Å²) in [7, 11) is 0. The van der Waals surface area contributed by atoms with Crippen LogP contribution in [0.3, 0.4) is 0 Å². The Hall–Kier alpha value is -2.28. The van der Waals surface area contributed by atoms with Crippen LogP contribution in [0.25, 0.3) is 11.5 Å². The van der Waals surface area contributed by atoms with Crippen molar-refractivity contribution in [3.8, 4) is 11.5 Å². The van der Waals surface area contributed by atoms with E-state index in [4.69, 9.17) is 9.15 Å². The van der Waals surface area contributed by atoms with Gasteiger partial charge in [-0.05, 0) is 25.0 Å². The molecule has 2 aromatic heterocycles. The fraction of sp³-hybridized carbons (Fsp3) is 0.385. The number of hydrogen-bond acceptors (Lipinski definition) is 6. The summed E-state index contributed by atoms with van der Waals surface area (Å²) in [6.45, 7) is 0.843. The molecule has 1 aliphatic heterocycles. The molecule has 3 heterocycles. The minimum Gasteiger partial charge on any atom is -0.419 e. The lowest BCUT2D eigenvalue weighted by molar-refractivity contribution is -0.130. The Balaban J connectivity index is 1.59. The molecule has 3 rings (SSSR count). The number of carbonyl (C=O) groups excluding carboxylic acids is 1. The highest BCUT2D eigenvalue weighted by atomic mass is 16.5. The van der Waals surface area contributed by atoms with Crippen molar-refractivity contribution in [1.82, 2.24) is 20.5 Å². The SMILES string of the molecule is O=C(NCc1nnc(-c2cccnc2)o1)C1CCCO1. The third-order valence-corrected chi connectivity index (χ3v) is 3.01. The Morgan fingerprint density at radius 3 is 3.15 bits per heavy atom. The predicted octanol–water partition coefficient (Wildman–Crippen LogP) is 0.927. The van der Waals surface area contributed by atoms with E-state index in [0.717, 1.165) is 18.4 Å². The van der Waals surface area contributed by atoms with Crippen molar-refractivity contribution < 1.29 is 13.9 Å². The lowest BCUT2D eigenvalue weighted by atomic mass is 10.2. The van der Waals surface area contributed by atoms with Gasteiger partial charge >= 0.3 is 0 Å². The van der Waals surface area contributed by atoms with E-state index in [1.165, 1.54) is 0 Å². The van der Waals surface area contributed by atoms with E-state index in [9.17, 15) is 4.79 Å². The second-order valence-electron chi connectivity index (χ2n) is 4.46. The lowest BCUT2D eigenvalue weighted by Crippen LogP contribution is -2.33. The molecule has 7 heteroatoms. The van der Waals surface area contributed by atoms with Crippen molar-refractivity contribution >= 4 is 5.91 Å². The number of nitrogens with zero attached hydrogens (tertiary/aromatic N) is 3. The Kier molecular flexibility index (Phi) is 3.69. The second kappa shape index (κ2) is 5.79. The summed E-state index contributed by atoms with van der Waals surface area (Å²) in [4.78, 5) is 15.7. The predicted molar refractivity (Wildman–Crippen MR) is 68.3 cm³/mol. The van der Waals surface area contributed by atoms with Gasteiger partial charge in [0.2, 0.25) is 17.7 Å². The largest absolute Gasteiger partial charge is 0.419 e. The van der Waals surface area contributed by atoms with Gasteiger partial charge in [-0.2, -0.15) is 0 Å². The number of nitrogens with one attached hydrogen (secondary N) is 1. The average Bonchev–Trinajstić information content (AvgIpc) is 3.17. The maximum absolute atomic E-state index is 11.8. The quantitative estimate of drug-likeness (QED) is 0.891. The molecule has 1 fully saturated rings. The van der Waals surface area contributed by atoms with E-state index in [1.807, 2.05) is 6.07 Å². The number of amides is 1. The van der Waals surface area contributed by atoms with Crippen LogP contribution >= 0.6 is 0 Å². The monoisotopic (exact) mass is 274 g/mol. The molecule has 0 spiro atoms. The van der Waals surface area contributed by atoms with E-state index in [1.54, 1.807) is 18.5 Å². The number of pyridine rings is 1. The van der Waals surface area contributed by atoms with Gasteiger partial charge in [0, 0.05) is 19.0 Å². The molecule has 1 amide bonds. The molecule has 0 bridgehead atoms. The van der Waals surface area contributed by atoms with Gasteiger partial charge in [0.25, 0.3) is 0 Å². The summed E-state index contributed by atoms with van der Waals surface area (Å²) in [6.07, 6.45) is 4.64. The van der Waals surface area contributed by atoms with Gasteiger partial charge in [0.1, 0.15) is 6.10 Å². The van der Waals surface area contributed by atoms with Crippen molar-refractivity contribution in [3.63, 3.8) is 0 Å². The van der Waals surface area contributed by atoms with Crippen LogP contribution in [0, 0.1) is 0 Å². The molecule has 0 aliphatic carbocycles. The number of rotatable bonds is 4. The lowest BCUT2D eigenvalue weighted by Gasteiger charge is -2.08. The van der Waals surface area contributed by atoms with E-state index < -0.39 is 0 Å². The molecule has 0 saturated carbocycles. The maximum atomic E-state index is 11.8. The molecule has 1 aliphatic rings. The molecule has 0 radical (unpaired) electrons. The summed E-state index contributed by atoms with van der Waals surface area (Å²) >= 11 is 0. The Morgan fingerprint density at radius 2 is 2.40 bits per heavy atom. The minimum absolute atomic E-state index is 0.136. The van der Waals surface area contributed by atoms with Gasteiger partial charge < -0.3 is 14.5 Å². The summed E-state index contributed by atoms with van der Waals surface area (Å²) in [6, 6.07) is 3.62. The van der Waals surface area contributed by atoms with E-state index in [-0.39, 0.29) is 18.6 Å². The van der Waals surface area contributed by atoms with E-state index >= 15 is 0 Å². The molecule has 1 N–H and O–H groups in total. The zero-order valence-electron chi connectivity index (χ0n) is 10.8. The fourth-order valence-corrected chi connectivity index (χ4v) is 1.99. The van der Waals surface area contributed by atoms with Gasteiger partial charge in [-0.15, -0.1) is 10.2 Å². The average molecular weight is 274 g/mol. The first kappa shape index (κ1) is 12.7. The Morgan fingerprint density at radius 1 is 1.45 bits per heavy atom. The molecule has 0 aromatic carbocycles. The molecular formula is C13H14N4O3. The number of aromatic nitrogens is 3. The van der Waals surface area contributed by atoms with E-state index in [2.05, 4.69) is 20.5 Å². The molecule has 1 unspecified atom stereocenters. The van der Waals surface area contributed by atoms with Gasteiger partial charge in [0.05, 0.1) is 12.1 Å². The molecule has 104 valence electrons. The standard InChI is InChI=1S/C13H14N4O3/c18-12(10-4-2-6-19-10)15-8-11-16-17-13(20-11)9-3-1-5-14-7-9/h1,3,5,7,10H,2,4,6,8H2,(H,15,18). The zero-order valence-corrected chi connectivity index (χ0v) is 10.8. The number of carbonyl (C=O) groups is 1. The summed E-state index contributed by atoms with van der Waals surface area (Å²) < 4.78 is 10.8. The molecule has 1 saturated heterocycles. The first-order valence-electron chi connectivity index (χ1n) is 6.45. The Labute approximate surface area is 115 Å². The highest BCUT2D eigenvalue weighted by molar-refractivity contribution is 5.80. The van der Waals surface area contributed by atoms with Crippen molar-refractivity contribution in [2.24, 2.45) is 0 Å². The summed E-state index contributed by atoms with van der Waals surface area (Å²) in [5, 5.41) is 10.5. The van der Waals surface area contributed by atoms with Crippen molar-refractivity contribution in [3.05, 3.63) is 30.4 Å². The van der Waals surface area contributed by atoms with Crippen LogP contribution in [-0.2, 0) is 16.1 Å². The van der Waals surface area contributed by atoms with Crippen LogP contribution < -0.4 is 5.32 Å². The normalized spacial score (nSPS) is 18.1. The Bertz CT molecular complexity index is 578. The molecule has 7 nitrogen and oxygen atoms in total. The van der Waals surface area contributed by atoms with Crippen LogP contribution in [0.5, 0.6) is 0 Å². The van der Waals surface area contributed by atoms with E-state index in [0.29, 0.717) is 18.4 Å². The van der Waals surface area contributed by atoms with Crippen LogP contribution in [0.2, 0.25) is 0 Å². The third-order valence-electron chi connectivity index (χ3n) is 3.01. The maximum Gasteiger partial charge on any atom is 0.249 e. The number of hydrogen-bond donors (Lipinski definition) is 1. The highest BCUT2D eigenvalue weighted by Crippen LogP contribution is 2.16. The summed E-state index contributed by atoms with van der Waals surface area (Å²) in [5.41, 5.74) is 0.747. The minimum atomic E-state index is -0.351. The third kappa shape index (κ3) is 2.83. The van der Waals surface area contributed by atoms with Crippen molar-refractivity contribution in [1.29, 1.82) is 0 Å². The molecular weight excluding hydrogens is 260 g/mol. The second-order valence-corrected chi connectivity index (χ2v) is 4.46. The van der Waals surface area contributed by atoms with Crippen molar-refractivity contribution in [2.45, 2.75) is 25.5 Å². The van der Waals surface area contributed by atoms with Gasteiger partial charge in [-0.25, -0.2) is 0 Å². The first-order chi connectivity index (χ1) is 9.83. The smallest absolute Gasteiger partial charge is 0.249 e. The van der Waals surface area contributed by atoms with Gasteiger partial charge in [-0.3, -0.25) is 9.78 Å². The van der Waals surface area contributed by atoms with Crippen molar-refractivity contribution in [2.75, 3.05) is 6.61 Å². The van der Waals surface area contributed by atoms with Crippen LogP contribution in [0.1, 0.15) is 18.7 Å². The highest BCUT2D eigenvalue weighted by Gasteiger charge is 2.23. The molecule has 20 heavy (non-hydrogen) atoms. The first-order valence-corrected chi connectivity index (χ1v) is 6.45. The zero-order chi connectivity index (χ0) is 13.8. The van der Waals surface area contributed by atoms with Crippen LogP contribution in [0.4, 0.5) is 0 Å². The fourth-order valence-electron chi connectivity index (χ4n) is 1.99. The van der Waals surface area contributed by atoms with Gasteiger partial charge in [0.15, 0.2) is 0 Å². The molecule has 1 atom stereocenters.